The zero-order valence-electron chi connectivity index (χ0n) is 15.8. The number of carboxylic acids is 1. The Kier molecular flexibility index (Phi) is 6.14. The van der Waals surface area contributed by atoms with Crippen LogP contribution in [0.15, 0.2) is 54.6 Å². The molecule has 29 heavy (non-hydrogen) atoms. The van der Waals surface area contributed by atoms with Crippen LogP contribution in [0.1, 0.15) is 28.3 Å². The molecule has 0 heterocycles. The monoisotopic (exact) mass is 414 g/mol. The van der Waals surface area contributed by atoms with E-state index in [0.29, 0.717) is 5.56 Å². The third-order valence-electron chi connectivity index (χ3n) is 4.63. The van der Waals surface area contributed by atoms with Gasteiger partial charge in [0, 0.05) is 6.42 Å². The summed E-state index contributed by atoms with van der Waals surface area (Å²) in [5, 5.41) is 12.0. The van der Waals surface area contributed by atoms with Crippen LogP contribution in [0.25, 0.3) is 6.08 Å². The smallest absolute Gasteiger partial charge is 0.326 e. The number of amides is 1. The summed E-state index contributed by atoms with van der Waals surface area (Å²) in [5.41, 5.74) is 3.06. The van der Waals surface area contributed by atoms with Crippen molar-refractivity contribution >= 4 is 28.0 Å². The topological polar surface area (TPSA) is 113 Å². The molecule has 2 aromatic rings. The van der Waals surface area contributed by atoms with Crippen LogP contribution in [0.5, 0.6) is 0 Å². The van der Waals surface area contributed by atoms with Crippen LogP contribution in [0, 0.1) is 0 Å². The normalized spacial score (nSPS) is 16.2. The largest absolute Gasteiger partial charge is 0.480 e. The molecular weight excluding hydrogens is 392 g/mol. The molecule has 3 N–H and O–H groups in total. The van der Waals surface area contributed by atoms with Crippen LogP contribution in [0.2, 0.25) is 0 Å². The second-order valence-electron chi connectivity index (χ2n) is 6.97. The van der Waals surface area contributed by atoms with Crippen molar-refractivity contribution in [2.75, 3.05) is 6.26 Å². The fraction of sp³-hybridized carbons (Fsp3) is 0.238. The molecule has 0 saturated carbocycles. The molecule has 0 aromatic heterocycles. The molecule has 0 bridgehead atoms. The third-order valence-corrected chi connectivity index (χ3v) is 5.31. The minimum absolute atomic E-state index is 0.00230. The highest BCUT2D eigenvalue weighted by atomic mass is 32.2. The lowest BCUT2D eigenvalue weighted by atomic mass is 9.99. The van der Waals surface area contributed by atoms with E-state index < -0.39 is 34.0 Å². The number of aliphatic carboxylic acids is 1. The number of carboxylic acid groups (broad SMARTS) is 1. The number of hydrogen-bond acceptors (Lipinski definition) is 4. The standard InChI is InChI=1S/C21H22N2O5S/c1-29(27,28)23-18-11-10-16-15(8-5-9-17(16)18)13-20(24)22-19(21(25)26)12-14-6-3-2-4-7-14/h2-11,18-19,23H,12-13H2,1H3,(H,22,24)(H,25,26)/t18?,19-/m1/s1. The van der Waals surface area contributed by atoms with E-state index in [2.05, 4.69) is 10.0 Å². The first-order valence-corrected chi connectivity index (χ1v) is 11.0. The zero-order valence-corrected chi connectivity index (χ0v) is 16.6. The summed E-state index contributed by atoms with van der Waals surface area (Å²) in [6, 6.07) is 12.9. The summed E-state index contributed by atoms with van der Waals surface area (Å²) in [4.78, 5) is 24.1. The number of hydrogen-bond donors (Lipinski definition) is 3. The Balaban J connectivity index is 1.71. The Labute approximate surface area is 169 Å². The maximum Gasteiger partial charge on any atom is 0.326 e. The number of nitrogens with one attached hydrogen (secondary N) is 2. The maximum absolute atomic E-state index is 12.5. The van der Waals surface area contributed by atoms with Gasteiger partial charge in [0.15, 0.2) is 0 Å². The summed E-state index contributed by atoms with van der Waals surface area (Å²) in [6.45, 7) is 0. The van der Waals surface area contributed by atoms with E-state index in [1.807, 2.05) is 30.3 Å². The zero-order chi connectivity index (χ0) is 21.0. The van der Waals surface area contributed by atoms with E-state index >= 15 is 0 Å². The predicted molar refractivity (Wildman–Crippen MR) is 110 cm³/mol. The van der Waals surface area contributed by atoms with Gasteiger partial charge in [-0.15, -0.1) is 0 Å². The molecule has 1 amide bonds. The van der Waals surface area contributed by atoms with Gasteiger partial charge in [0.05, 0.1) is 18.7 Å². The SMILES string of the molecule is CS(=O)(=O)NC1C=Cc2c(CC(=O)N[C@H](Cc3ccccc3)C(=O)O)cccc21. The first kappa shape index (κ1) is 20.8. The molecule has 1 aliphatic rings. The lowest BCUT2D eigenvalue weighted by Crippen LogP contribution is -2.43. The van der Waals surface area contributed by atoms with Crippen molar-refractivity contribution in [1.29, 1.82) is 0 Å². The maximum atomic E-state index is 12.5. The Morgan fingerprint density at radius 3 is 2.48 bits per heavy atom. The Hall–Kier alpha value is -2.97. The van der Waals surface area contributed by atoms with Crippen molar-refractivity contribution in [2.45, 2.75) is 24.9 Å². The molecule has 1 unspecified atom stereocenters. The molecular formula is C21H22N2O5S. The Bertz CT molecular complexity index is 1050. The quantitative estimate of drug-likeness (QED) is 0.608. The second kappa shape index (κ2) is 8.59. The molecule has 2 atom stereocenters. The van der Waals surface area contributed by atoms with Crippen molar-refractivity contribution in [3.8, 4) is 0 Å². The van der Waals surface area contributed by atoms with Gasteiger partial charge in [0.2, 0.25) is 15.9 Å². The highest BCUT2D eigenvalue weighted by Gasteiger charge is 2.24. The average molecular weight is 414 g/mol. The molecule has 152 valence electrons. The lowest BCUT2D eigenvalue weighted by Gasteiger charge is -2.16. The first-order valence-electron chi connectivity index (χ1n) is 9.06. The Morgan fingerprint density at radius 1 is 1.10 bits per heavy atom. The summed E-state index contributed by atoms with van der Waals surface area (Å²) in [5.74, 6) is -1.51. The third kappa shape index (κ3) is 5.52. The molecule has 3 rings (SSSR count). The lowest BCUT2D eigenvalue weighted by molar-refractivity contribution is -0.141. The number of benzene rings is 2. The van der Waals surface area contributed by atoms with Gasteiger partial charge in [0.25, 0.3) is 0 Å². The molecule has 1 aliphatic carbocycles. The fourth-order valence-electron chi connectivity index (χ4n) is 3.36. The molecule has 7 nitrogen and oxygen atoms in total. The van der Waals surface area contributed by atoms with Gasteiger partial charge < -0.3 is 10.4 Å². The van der Waals surface area contributed by atoms with Gasteiger partial charge >= 0.3 is 5.97 Å². The van der Waals surface area contributed by atoms with E-state index in [1.54, 1.807) is 30.4 Å². The summed E-state index contributed by atoms with van der Waals surface area (Å²) < 4.78 is 25.6. The summed E-state index contributed by atoms with van der Waals surface area (Å²) in [6.07, 6.45) is 4.78. The van der Waals surface area contributed by atoms with E-state index in [-0.39, 0.29) is 12.8 Å². The summed E-state index contributed by atoms with van der Waals surface area (Å²) >= 11 is 0. The number of carbonyl (C=O) groups is 2. The van der Waals surface area contributed by atoms with E-state index in [4.69, 9.17) is 0 Å². The number of fused-ring (bicyclic) bond motifs is 1. The van der Waals surface area contributed by atoms with Crippen LogP contribution < -0.4 is 10.0 Å². The number of rotatable bonds is 8. The minimum atomic E-state index is -3.39. The minimum Gasteiger partial charge on any atom is -0.480 e. The van der Waals surface area contributed by atoms with Crippen molar-refractivity contribution in [3.63, 3.8) is 0 Å². The molecule has 0 radical (unpaired) electrons. The predicted octanol–water partition coefficient (Wildman–Crippen LogP) is 1.66. The van der Waals surface area contributed by atoms with Gasteiger partial charge in [-0.1, -0.05) is 60.7 Å². The van der Waals surface area contributed by atoms with Crippen molar-refractivity contribution in [1.82, 2.24) is 10.0 Å². The van der Waals surface area contributed by atoms with Crippen LogP contribution >= 0.6 is 0 Å². The van der Waals surface area contributed by atoms with E-state index in [0.717, 1.165) is 22.9 Å². The summed E-state index contributed by atoms with van der Waals surface area (Å²) in [7, 11) is -3.39. The van der Waals surface area contributed by atoms with Crippen LogP contribution in [0.3, 0.4) is 0 Å². The molecule has 0 aliphatic heterocycles. The van der Waals surface area contributed by atoms with Crippen LogP contribution in [0.4, 0.5) is 0 Å². The molecule has 0 saturated heterocycles. The highest BCUT2D eigenvalue weighted by molar-refractivity contribution is 7.88. The van der Waals surface area contributed by atoms with Gasteiger partial charge in [-0.25, -0.2) is 17.9 Å². The average Bonchev–Trinajstić information content (AvgIpc) is 3.04. The van der Waals surface area contributed by atoms with Gasteiger partial charge in [-0.05, 0) is 22.3 Å². The molecule has 8 heteroatoms. The van der Waals surface area contributed by atoms with Crippen molar-refractivity contribution in [3.05, 3.63) is 76.9 Å². The first-order chi connectivity index (χ1) is 13.7. The van der Waals surface area contributed by atoms with Crippen LogP contribution in [-0.4, -0.2) is 37.7 Å². The molecule has 0 spiro atoms. The molecule has 0 fully saturated rings. The second-order valence-corrected chi connectivity index (χ2v) is 8.75. The van der Waals surface area contributed by atoms with Crippen LogP contribution in [-0.2, 0) is 32.5 Å². The van der Waals surface area contributed by atoms with Crippen molar-refractivity contribution < 1.29 is 23.1 Å². The Morgan fingerprint density at radius 2 is 1.83 bits per heavy atom. The fourth-order valence-corrected chi connectivity index (χ4v) is 4.03. The van der Waals surface area contributed by atoms with Gasteiger partial charge in [-0.3, -0.25) is 4.79 Å². The number of sulfonamides is 1. The molecule has 2 aromatic carbocycles. The van der Waals surface area contributed by atoms with Gasteiger partial charge in [0.1, 0.15) is 6.04 Å². The number of carbonyl (C=O) groups excluding carboxylic acids is 1. The van der Waals surface area contributed by atoms with E-state index in [9.17, 15) is 23.1 Å². The highest BCUT2D eigenvalue weighted by Crippen LogP contribution is 2.31. The van der Waals surface area contributed by atoms with Crippen molar-refractivity contribution in [2.24, 2.45) is 0 Å². The van der Waals surface area contributed by atoms with Gasteiger partial charge in [-0.2, -0.15) is 0 Å². The van der Waals surface area contributed by atoms with E-state index in [1.165, 1.54) is 0 Å².